The first-order chi connectivity index (χ1) is 8.05. The minimum Gasteiger partial charge on any atom is -0.396 e. The fourth-order valence-electron chi connectivity index (χ4n) is 1.96. The average Bonchev–Trinajstić information content (AvgIpc) is 2.29. The molecule has 2 N–H and O–H groups in total. The van der Waals surface area contributed by atoms with E-state index < -0.39 is 0 Å². The van der Waals surface area contributed by atoms with Gasteiger partial charge in [-0.25, -0.2) is 0 Å². The number of nitrogens with one attached hydrogen (secondary N) is 1. The monoisotopic (exact) mass is 240 g/mol. The van der Waals surface area contributed by atoms with Crippen LogP contribution in [0.2, 0.25) is 0 Å². The van der Waals surface area contributed by atoms with Crippen LogP contribution in [0.3, 0.4) is 0 Å². The van der Waals surface area contributed by atoms with Crippen LogP contribution in [-0.4, -0.2) is 24.8 Å². The van der Waals surface area contributed by atoms with Gasteiger partial charge in [-0.05, 0) is 58.5 Å². The Morgan fingerprint density at radius 2 is 2.06 bits per heavy atom. The minimum absolute atomic E-state index is 0.199. The number of aliphatic hydroxyl groups excluding tert-OH is 1. The molecule has 0 fully saturated rings. The van der Waals surface area contributed by atoms with E-state index >= 15 is 0 Å². The largest absolute Gasteiger partial charge is 0.396 e. The zero-order chi connectivity index (χ0) is 13.1. The van der Waals surface area contributed by atoms with E-state index in [2.05, 4.69) is 18.3 Å². The third kappa shape index (κ3) is 9.14. The van der Waals surface area contributed by atoms with Crippen LogP contribution in [0, 0.1) is 22.7 Å². The Morgan fingerprint density at radius 1 is 1.35 bits per heavy atom. The molecule has 0 radical (unpaired) electrons. The Labute approximate surface area is 106 Å². The van der Waals surface area contributed by atoms with Gasteiger partial charge in [0, 0.05) is 6.61 Å². The lowest BCUT2D eigenvalue weighted by atomic mass is 9.90. The van der Waals surface area contributed by atoms with E-state index in [1.54, 1.807) is 0 Å². The third-order valence-electron chi connectivity index (χ3n) is 3.13. The molecular formula is C14H28N2O. The van der Waals surface area contributed by atoms with Crippen molar-refractivity contribution in [3.8, 4) is 6.07 Å². The first-order valence-electron chi connectivity index (χ1n) is 6.78. The summed E-state index contributed by atoms with van der Waals surface area (Å²) in [4.78, 5) is 0. The van der Waals surface area contributed by atoms with Crippen LogP contribution in [0.1, 0.15) is 52.9 Å². The van der Waals surface area contributed by atoms with Gasteiger partial charge in [-0.1, -0.05) is 13.3 Å². The first-order valence-corrected chi connectivity index (χ1v) is 6.78. The molecule has 0 amide bonds. The maximum absolute atomic E-state index is 8.94. The molecular weight excluding hydrogens is 212 g/mol. The van der Waals surface area contributed by atoms with E-state index in [1.807, 2.05) is 13.8 Å². The van der Waals surface area contributed by atoms with E-state index in [0.717, 1.165) is 32.4 Å². The normalized spacial score (nSPS) is 13.4. The highest BCUT2D eigenvalue weighted by Crippen LogP contribution is 2.20. The fourth-order valence-corrected chi connectivity index (χ4v) is 1.96. The highest BCUT2D eigenvalue weighted by Gasteiger charge is 2.15. The SMILES string of the molecule is CCCC(CCO)CNCCCC(C)(C)C#N. The molecule has 3 heteroatoms. The summed E-state index contributed by atoms with van der Waals surface area (Å²) in [5.74, 6) is 0.592. The Kier molecular flexibility index (Phi) is 9.11. The number of aliphatic hydroxyl groups is 1. The molecule has 0 saturated carbocycles. The molecule has 0 spiro atoms. The first kappa shape index (κ1) is 16.4. The van der Waals surface area contributed by atoms with Crippen molar-refractivity contribution in [2.24, 2.45) is 11.3 Å². The van der Waals surface area contributed by atoms with Gasteiger partial charge in [-0.3, -0.25) is 0 Å². The molecule has 0 aliphatic carbocycles. The highest BCUT2D eigenvalue weighted by molar-refractivity contribution is 4.91. The van der Waals surface area contributed by atoms with E-state index in [0.29, 0.717) is 5.92 Å². The predicted molar refractivity (Wildman–Crippen MR) is 71.6 cm³/mol. The molecule has 100 valence electrons. The summed E-state index contributed by atoms with van der Waals surface area (Å²) in [6.07, 6.45) is 5.23. The summed E-state index contributed by atoms with van der Waals surface area (Å²) in [6, 6.07) is 2.32. The molecule has 1 atom stereocenters. The second-order valence-electron chi connectivity index (χ2n) is 5.47. The number of hydrogen-bond acceptors (Lipinski definition) is 3. The highest BCUT2D eigenvalue weighted by atomic mass is 16.3. The second-order valence-corrected chi connectivity index (χ2v) is 5.47. The van der Waals surface area contributed by atoms with Crippen LogP contribution < -0.4 is 5.32 Å². The number of rotatable bonds is 10. The second kappa shape index (κ2) is 9.44. The summed E-state index contributed by atoms with van der Waals surface area (Å²) >= 11 is 0. The van der Waals surface area contributed by atoms with E-state index in [9.17, 15) is 0 Å². The van der Waals surface area contributed by atoms with Gasteiger partial charge in [0.15, 0.2) is 0 Å². The molecule has 0 rings (SSSR count). The van der Waals surface area contributed by atoms with Crippen molar-refractivity contribution in [3.63, 3.8) is 0 Å². The van der Waals surface area contributed by atoms with Crippen molar-refractivity contribution in [2.75, 3.05) is 19.7 Å². The van der Waals surface area contributed by atoms with Gasteiger partial charge < -0.3 is 10.4 Å². The Balaban J connectivity index is 3.58. The molecule has 17 heavy (non-hydrogen) atoms. The smallest absolute Gasteiger partial charge is 0.0683 e. The molecule has 0 aliphatic heterocycles. The van der Waals surface area contributed by atoms with E-state index in [4.69, 9.17) is 10.4 Å². The van der Waals surface area contributed by atoms with E-state index in [1.165, 1.54) is 12.8 Å². The van der Waals surface area contributed by atoms with Gasteiger partial charge in [0.05, 0.1) is 11.5 Å². The molecule has 0 aromatic rings. The quantitative estimate of drug-likeness (QED) is 0.577. The summed E-state index contributed by atoms with van der Waals surface area (Å²) in [7, 11) is 0. The van der Waals surface area contributed by atoms with E-state index in [-0.39, 0.29) is 12.0 Å². The van der Waals surface area contributed by atoms with Crippen LogP contribution in [0.4, 0.5) is 0 Å². The molecule has 1 unspecified atom stereocenters. The third-order valence-corrected chi connectivity index (χ3v) is 3.13. The fraction of sp³-hybridized carbons (Fsp3) is 0.929. The van der Waals surface area contributed by atoms with Crippen molar-refractivity contribution in [2.45, 2.75) is 52.9 Å². The lowest BCUT2D eigenvalue weighted by Gasteiger charge is -2.17. The molecule has 0 heterocycles. The van der Waals surface area contributed by atoms with Gasteiger partial charge in [0.2, 0.25) is 0 Å². The van der Waals surface area contributed by atoms with Gasteiger partial charge in [-0.15, -0.1) is 0 Å². The number of nitriles is 1. The maximum atomic E-state index is 8.94. The standard InChI is InChI=1S/C14H28N2O/c1-4-6-13(7-10-17)11-16-9-5-8-14(2,3)12-15/h13,16-17H,4-11H2,1-3H3. The van der Waals surface area contributed by atoms with Gasteiger partial charge in [0.25, 0.3) is 0 Å². The average molecular weight is 240 g/mol. The molecule has 0 aliphatic rings. The summed E-state index contributed by atoms with van der Waals surface area (Å²) in [5.41, 5.74) is -0.199. The van der Waals surface area contributed by atoms with Crippen LogP contribution in [0.25, 0.3) is 0 Å². The zero-order valence-electron chi connectivity index (χ0n) is 11.6. The lowest BCUT2D eigenvalue weighted by Crippen LogP contribution is -2.25. The van der Waals surface area contributed by atoms with Crippen molar-refractivity contribution < 1.29 is 5.11 Å². The van der Waals surface area contributed by atoms with Crippen LogP contribution in [0.5, 0.6) is 0 Å². The van der Waals surface area contributed by atoms with Crippen molar-refractivity contribution in [1.29, 1.82) is 5.26 Å². The number of nitrogens with zero attached hydrogens (tertiary/aromatic N) is 1. The minimum atomic E-state index is -0.199. The van der Waals surface area contributed by atoms with Crippen LogP contribution >= 0.6 is 0 Å². The molecule has 3 nitrogen and oxygen atoms in total. The summed E-state index contributed by atoms with van der Waals surface area (Å²) < 4.78 is 0. The van der Waals surface area contributed by atoms with Crippen LogP contribution in [0.15, 0.2) is 0 Å². The number of hydrogen-bond donors (Lipinski definition) is 2. The summed E-state index contributed by atoms with van der Waals surface area (Å²) in [6.45, 7) is 8.39. The summed E-state index contributed by atoms with van der Waals surface area (Å²) in [5, 5.41) is 21.3. The predicted octanol–water partition coefficient (Wildman–Crippen LogP) is 2.70. The molecule has 0 aromatic heterocycles. The van der Waals surface area contributed by atoms with Crippen molar-refractivity contribution in [1.82, 2.24) is 5.32 Å². The molecule has 0 saturated heterocycles. The zero-order valence-corrected chi connectivity index (χ0v) is 11.6. The van der Waals surface area contributed by atoms with Crippen LogP contribution in [-0.2, 0) is 0 Å². The Morgan fingerprint density at radius 3 is 2.59 bits per heavy atom. The lowest BCUT2D eigenvalue weighted by molar-refractivity contribution is 0.247. The van der Waals surface area contributed by atoms with Crippen molar-refractivity contribution in [3.05, 3.63) is 0 Å². The maximum Gasteiger partial charge on any atom is 0.0683 e. The van der Waals surface area contributed by atoms with Crippen molar-refractivity contribution >= 4 is 0 Å². The molecule has 0 bridgehead atoms. The Bertz CT molecular complexity index is 215. The Hall–Kier alpha value is -0.590. The molecule has 0 aromatic carbocycles. The van der Waals surface area contributed by atoms with Gasteiger partial charge in [0.1, 0.15) is 0 Å². The van der Waals surface area contributed by atoms with Gasteiger partial charge >= 0.3 is 0 Å². The topological polar surface area (TPSA) is 56.0 Å². The van der Waals surface area contributed by atoms with Gasteiger partial charge in [-0.2, -0.15) is 5.26 Å².